The predicted molar refractivity (Wildman–Crippen MR) is 170 cm³/mol. The minimum Gasteiger partial charge on any atom is -0.340 e. The number of aromatic amines is 1. The van der Waals surface area contributed by atoms with Gasteiger partial charge in [0.15, 0.2) is 5.65 Å². The van der Waals surface area contributed by atoms with Crippen molar-refractivity contribution < 1.29 is 4.39 Å². The van der Waals surface area contributed by atoms with Gasteiger partial charge in [0, 0.05) is 12.6 Å². The molecule has 9 heteroatoms. The number of fused-ring (bicyclic) bond motifs is 3. The van der Waals surface area contributed by atoms with Crippen LogP contribution in [0.3, 0.4) is 0 Å². The lowest BCUT2D eigenvalue weighted by molar-refractivity contribution is 0.170. The van der Waals surface area contributed by atoms with Crippen LogP contribution in [-0.2, 0) is 26.1 Å². The van der Waals surface area contributed by atoms with Crippen LogP contribution < -0.4 is 0 Å². The summed E-state index contributed by atoms with van der Waals surface area (Å²) in [5.74, 6) is 3.36. The lowest BCUT2D eigenvalue weighted by Crippen LogP contribution is -2.35. The van der Waals surface area contributed by atoms with Gasteiger partial charge in [-0.2, -0.15) is 0 Å². The summed E-state index contributed by atoms with van der Waals surface area (Å²) in [5, 5.41) is 0. The van der Waals surface area contributed by atoms with Crippen molar-refractivity contribution in [1.29, 1.82) is 0 Å². The number of aromatic nitrogens is 7. The Kier molecular flexibility index (Phi) is 6.87. The Morgan fingerprint density at radius 2 is 1.45 bits per heavy atom. The first kappa shape index (κ1) is 26.7. The minimum atomic E-state index is -0.223. The fraction of sp³-hybridized carbons (Fsp3) is 0.257. The molecule has 1 saturated heterocycles. The summed E-state index contributed by atoms with van der Waals surface area (Å²) >= 11 is 0. The van der Waals surface area contributed by atoms with Gasteiger partial charge in [-0.1, -0.05) is 36.4 Å². The second-order valence-corrected chi connectivity index (χ2v) is 11.8. The second-order valence-electron chi connectivity index (χ2n) is 11.8. The molecule has 4 aromatic heterocycles. The Hall–Kier alpha value is -4.89. The first-order valence-corrected chi connectivity index (χ1v) is 15.3. The van der Waals surface area contributed by atoms with Crippen LogP contribution in [0.1, 0.15) is 35.9 Å². The molecule has 0 amide bonds. The molecule has 8 rings (SSSR count). The quantitative estimate of drug-likeness (QED) is 0.225. The molecule has 8 nitrogen and oxygen atoms in total. The topological polar surface area (TPSA) is 80.5 Å². The highest BCUT2D eigenvalue weighted by Crippen LogP contribution is 2.26. The van der Waals surface area contributed by atoms with Crippen molar-refractivity contribution >= 4 is 33.2 Å². The molecule has 7 aromatic rings. The highest BCUT2D eigenvalue weighted by Gasteiger charge is 2.24. The van der Waals surface area contributed by atoms with E-state index < -0.39 is 0 Å². The summed E-state index contributed by atoms with van der Waals surface area (Å²) in [6, 6.07) is 27.2. The fourth-order valence-corrected chi connectivity index (χ4v) is 6.56. The molecule has 0 spiro atoms. The van der Waals surface area contributed by atoms with Gasteiger partial charge in [-0.25, -0.2) is 24.3 Å². The van der Waals surface area contributed by atoms with E-state index in [0.717, 1.165) is 95.2 Å². The lowest BCUT2D eigenvalue weighted by Gasteiger charge is -2.31. The van der Waals surface area contributed by atoms with Crippen LogP contribution in [0.2, 0.25) is 0 Å². The molecule has 44 heavy (non-hydrogen) atoms. The second kappa shape index (κ2) is 11.3. The van der Waals surface area contributed by atoms with Gasteiger partial charge in [0.05, 0.1) is 41.7 Å². The third-order valence-corrected chi connectivity index (χ3v) is 8.86. The maximum absolute atomic E-state index is 13.5. The normalized spacial score (nSPS) is 14.8. The van der Waals surface area contributed by atoms with Crippen LogP contribution in [0.15, 0.2) is 91.1 Å². The van der Waals surface area contributed by atoms with Crippen molar-refractivity contribution in [2.75, 3.05) is 13.1 Å². The van der Waals surface area contributed by atoms with E-state index in [-0.39, 0.29) is 5.82 Å². The molecular weight excluding hydrogens is 551 g/mol. The average Bonchev–Trinajstić information content (AvgIpc) is 3.73. The molecule has 0 saturated carbocycles. The number of pyridine rings is 1. The Labute approximate surface area is 254 Å². The third kappa shape index (κ3) is 5.24. The van der Waals surface area contributed by atoms with Crippen LogP contribution in [-0.4, -0.2) is 52.0 Å². The zero-order valence-corrected chi connectivity index (χ0v) is 24.4. The summed E-state index contributed by atoms with van der Waals surface area (Å²) in [6.07, 6.45) is 4.90. The Balaban J connectivity index is 0.982. The van der Waals surface area contributed by atoms with Crippen molar-refractivity contribution in [3.05, 3.63) is 120 Å². The van der Waals surface area contributed by atoms with Gasteiger partial charge in [0.2, 0.25) is 0 Å². The Morgan fingerprint density at radius 1 is 0.705 bits per heavy atom. The third-order valence-electron chi connectivity index (χ3n) is 8.86. The number of para-hydroxylation sites is 4. The molecule has 5 heterocycles. The molecular formula is C35H33FN8. The molecule has 1 aliphatic heterocycles. The van der Waals surface area contributed by atoms with Crippen LogP contribution in [0, 0.1) is 11.7 Å². The summed E-state index contributed by atoms with van der Waals surface area (Å²) in [5.41, 5.74) is 7.01. The summed E-state index contributed by atoms with van der Waals surface area (Å²) in [6.45, 7) is 4.10. The number of imidazole rings is 3. The van der Waals surface area contributed by atoms with Gasteiger partial charge >= 0.3 is 0 Å². The van der Waals surface area contributed by atoms with E-state index in [1.807, 2.05) is 48.7 Å². The van der Waals surface area contributed by atoms with Gasteiger partial charge in [0.25, 0.3) is 0 Å². The maximum Gasteiger partial charge on any atom is 0.160 e. The summed E-state index contributed by atoms with van der Waals surface area (Å²) in [4.78, 5) is 25.5. The molecule has 1 N–H and O–H groups in total. The number of piperidine rings is 1. The molecule has 0 bridgehead atoms. The number of H-pyrrole nitrogens is 1. The zero-order valence-electron chi connectivity index (χ0n) is 24.4. The lowest BCUT2D eigenvalue weighted by atomic mass is 9.93. The number of halogens is 1. The summed E-state index contributed by atoms with van der Waals surface area (Å²) in [7, 11) is 0. The highest BCUT2D eigenvalue weighted by molar-refractivity contribution is 5.77. The van der Waals surface area contributed by atoms with Crippen LogP contribution >= 0.6 is 0 Å². The van der Waals surface area contributed by atoms with Crippen molar-refractivity contribution in [3.63, 3.8) is 0 Å². The van der Waals surface area contributed by atoms with E-state index in [1.165, 1.54) is 12.1 Å². The average molecular weight is 585 g/mol. The van der Waals surface area contributed by atoms with Crippen molar-refractivity contribution in [3.8, 4) is 0 Å². The van der Waals surface area contributed by atoms with E-state index in [0.29, 0.717) is 19.0 Å². The van der Waals surface area contributed by atoms with E-state index in [1.54, 1.807) is 0 Å². The largest absolute Gasteiger partial charge is 0.340 e. The molecule has 0 unspecified atom stereocenters. The number of likely N-dealkylation sites (tertiary alicyclic amines) is 1. The van der Waals surface area contributed by atoms with Gasteiger partial charge in [0.1, 0.15) is 28.8 Å². The maximum atomic E-state index is 13.5. The highest BCUT2D eigenvalue weighted by atomic mass is 19.1. The minimum absolute atomic E-state index is 0.223. The fourth-order valence-electron chi connectivity index (χ4n) is 6.56. The first-order valence-electron chi connectivity index (χ1n) is 15.3. The van der Waals surface area contributed by atoms with Crippen LogP contribution in [0.5, 0.6) is 0 Å². The number of hydrogen-bond acceptors (Lipinski definition) is 5. The van der Waals surface area contributed by atoms with Gasteiger partial charge in [-0.3, -0.25) is 4.90 Å². The molecule has 1 fully saturated rings. The van der Waals surface area contributed by atoms with Crippen LogP contribution in [0.4, 0.5) is 4.39 Å². The molecule has 0 atom stereocenters. The van der Waals surface area contributed by atoms with Gasteiger partial charge in [-0.15, -0.1) is 0 Å². The number of nitrogens with zero attached hydrogens (tertiary/aromatic N) is 7. The van der Waals surface area contributed by atoms with Crippen molar-refractivity contribution in [2.24, 2.45) is 5.92 Å². The Morgan fingerprint density at radius 3 is 2.30 bits per heavy atom. The van der Waals surface area contributed by atoms with E-state index >= 15 is 0 Å². The van der Waals surface area contributed by atoms with Crippen LogP contribution in [0.25, 0.3) is 33.2 Å². The Bertz CT molecular complexity index is 2030. The number of hydrogen-bond donors (Lipinski definition) is 1. The van der Waals surface area contributed by atoms with E-state index in [2.05, 4.69) is 54.3 Å². The monoisotopic (exact) mass is 584 g/mol. The first-order chi connectivity index (χ1) is 21.7. The standard InChI is InChI=1S/C35H33FN8/c36-26-13-11-25(12-14-26)21-44-33(41-30-9-5-17-37-35(30)44)20-24-15-18-42(19-16-24)23-34-40-29-8-3-4-10-31(29)43(34)22-32-38-27-6-1-2-7-28(27)39-32/h1-14,17,24H,15-16,18-23H2,(H,38,39). The van der Waals surface area contributed by atoms with Gasteiger partial charge < -0.3 is 14.1 Å². The SMILES string of the molecule is Fc1ccc(Cn2c(CC3CCN(Cc4nc5ccccc5n4Cc4nc5ccccc5[nH]4)CC3)nc3cccnc32)cc1. The molecule has 0 aliphatic carbocycles. The van der Waals surface area contributed by atoms with E-state index in [9.17, 15) is 4.39 Å². The smallest absolute Gasteiger partial charge is 0.160 e. The molecule has 1 aliphatic rings. The van der Waals surface area contributed by atoms with Crippen molar-refractivity contribution in [1.82, 2.24) is 39.0 Å². The molecule has 3 aromatic carbocycles. The summed E-state index contributed by atoms with van der Waals surface area (Å²) < 4.78 is 18.1. The van der Waals surface area contributed by atoms with E-state index in [4.69, 9.17) is 15.0 Å². The molecule has 220 valence electrons. The molecule has 0 radical (unpaired) electrons. The number of rotatable bonds is 8. The van der Waals surface area contributed by atoms with Gasteiger partial charge in [-0.05, 0) is 85.9 Å². The number of nitrogens with one attached hydrogen (secondary N) is 1. The van der Waals surface area contributed by atoms with Crippen molar-refractivity contribution in [2.45, 2.75) is 38.9 Å². The predicted octanol–water partition coefficient (Wildman–Crippen LogP) is 6.35. The zero-order chi connectivity index (χ0) is 29.5. The number of benzene rings is 3.